The minimum absolute atomic E-state index is 0.677. The minimum Gasteiger partial charge on any atom is -0.455 e. The summed E-state index contributed by atoms with van der Waals surface area (Å²) in [6, 6.07) is 13.7. The average Bonchev–Trinajstić information content (AvgIpc) is 2.76. The molecule has 15 heavy (non-hydrogen) atoms. The molecule has 0 aliphatic carbocycles. The molecule has 1 aromatic carbocycles. The van der Waals surface area contributed by atoms with E-state index in [-0.39, 0.29) is 0 Å². The van der Waals surface area contributed by atoms with Gasteiger partial charge in [-0.3, -0.25) is 0 Å². The van der Waals surface area contributed by atoms with Crippen LogP contribution in [-0.4, -0.2) is 13.3 Å². The first kappa shape index (κ1) is 9.52. The van der Waals surface area contributed by atoms with Gasteiger partial charge in [-0.15, -0.1) is 0 Å². The van der Waals surface area contributed by atoms with Crippen LogP contribution < -0.4 is 0 Å². The Labute approximate surface area is 88.0 Å². The summed E-state index contributed by atoms with van der Waals surface area (Å²) in [6.07, 6.45) is 1.53. The lowest BCUT2D eigenvalue weighted by Crippen LogP contribution is -1.76. The monoisotopic (exact) mass is 201 g/mol. The van der Waals surface area contributed by atoms with Crippen LogP contribution in [0.4, 0.5) is 0 Å². The zero-order valence-corrected chi connectivity index (χ0v) is 8.38. The lowest BCUT2D eigenvalue weighted by atomic mass is 10.2. The third-order valence-electron chi connectivity index (χ3n) is 1.97. The van der Waals surface area contributed by atoms with E-state index in [1.165, 1.54) is 13.3 Å². The van der Waals surface area contributed by atoms with Crippen LogP contribution in [0.25, 0.3) is 11.3 Å². The number of nitrogens with zero attached hydrogens (tertiary/aromatic N) is 1. The van der Waals surface area contributed by atoms with E-state index in [9.17, 15) is 0 Å². The van der Waals surface area contributed by atoms with Crippen molar-refractivity contribution in [3.05, 3.63) is 48.2 Å². The number of rotatable bonds is 3. The van der Waals surface area contributed by atoms with Crippen molar-refractivity contribution < 1.29 is 9.25 Å². The Hall–Kier alpha value is -2.03. The molecule has 0 bridgehead atoms. The molecule has 1 aromatic heterocycles. The number of benzene rings is 1. The van der Waals surface area contributed by atoms with Crippen molar-refractivity contribution in [2.45, 2.75) is 0 Å². The normalized spacial score (nSPS) is 10.7. The molecule has 0 saturated carbocycles. The Morgan fingerprint density at radius 2 is 1.93 bits per heavy atom. The quantitative estimate of drug-likeness (QED) is 0.565. The van der Waals surface area contributed by atoms with Crippen molar-refractivity contribution in [2.75, 3.05) is 7.11 Å². The summed E-state index contributed by atoms with van der Waals surface area (Å²) in [5, 5.41) is 3.63. The highest BCUT2D eigenvalue weighted by molar-refractivity contribution is 5.76. The first-order valence-electron chi connectivity index (χ1n) is 4.62. The van der Waals surface area contributed by atoms with Gasteiger partial charge >= 0.3 is 0 Å². The van der Waals surface area contributed by atoms with Gasteiger partial charge in [0.05, 0.1) is 0 Å². The van der Waals surface area contributed by atoms with Crippen molar-refractivity contribution in [1.82, 2.24) is 0 Å². The zero-order valence-electron chi connectivity index (χ0n) is 8.38. The first-order valence-corrected chi connectivity index (χ1v) is 4.62. The third-order valence-corrected chi connectivity index (χ3v) is 1.97. The highest BCUT2D eigenvalue weighted by Gasteiger charge is 2.01. The Balaban J connectivity index is 2.24. The van der Waals surface area contributed by atoms with Gasteiger partial charge in [0.15, 0.2) is 0 Å². The van der Waals surface area contributed by atoms with E-state index >= 15 is 0 Å². The average molecular weight is 201 g/mol. The molecule has 0 fully saturated rings. The summed E-state index contributed by atoms with van der Waals surface area (Å²) in [4.78, 5) is 4.57. The van der Waals surface area contributed by atoms with E-state index in [0.717, 1.165) is 11.3 Å². The van der Waals surface area contributed by atoms with Crippen molar-refractivity contribution in [3.63, 3.8) is 0 Å². The van der Waals surface area contributed by atoms with Gasteiger partial charge in [-0.05, 0) is 12.1 Å². The second kappa shape index (κ2) is 4.46. The second-order valence-electron chi connectivity index (χ2n) is 2.99. The molecule has 2 aromatic rings. The molecule has 0 radical (unpaired) electrons. The van der Waals surface area contributed by atoms with Crippen molar-refractivity contribution in [2.24, 2.45) is 5.16 Å². The van der Waals surface area contributed by atoms with Gasteiger partial charge < -0.3 is 9.25 Å². The van der Waals surface area contributed by atoms with Crippen molar-refractivity contribution in [3.8, 4) is 11.3 Å². The van der Waals surface area contributed by atoms with Gasteiger partial charge in [-0.25, -0.2) is 0 Å². The van der Waals surface area contributed by atoms with E-state index < -0.39 is 0 Å². The molecule has 0 spiro atoms. The number of hydrogen-bond acceptors (Lipinski definition) is 3. The predicted molar refractivity (Wildman–Crippen MR) is 58.7 cm³/mol. The fourth-order valence-corrected chi connectivity index (χ4v) is 1.28. The van der Waals surface area contributed by atoms with Crippen LogP contribution in [0, 0.1) is 0 Å². The lowest BCUT2D eigenvalue weighted by molar-refractivity contribution is 0.215. The molecule has 0 saturated heterocycles. The maximum Gasteiger partial charge on any atom is 0.149 e. The van der Waals surface area contributed by atoms with Gasteiger partial charge in [0.2, 0.25) is 0 Å². The number of hydrogen-bond donors (Lipinski definition) is 0. The van der Waals surface area contributed by atoms with Gasteiger partial charge in [0.1, 0.15) is 24.8 Å². The molecule has 0 atom stereocenters. The summed E-state index contributed by atoms with van der Waals surface area (Å²) >= 11 is 0. The molecule has 0 aliphatic heterocycles. The lowest BCUT2D eigenvalue weighted by Gasteiger charge is -1.94. The summed E-state index contributed by atoms with van der Waals surface area (Å²) in [5.41, 5.74) is 1.05. The molecule has 3 nitrogen and oxygen atoms in total. The maximum atomic E-state index is 5.54. The number of furan rings is 1. The highest BCUT2D eigenvalue weighted by Crippen LogP contribution is 2.20. The van der Waals surface area contributed by atoms with Crippen LogP contribution in [0.3, 0.4) is 0 Å². The van der Waals surface area contributed by atoms with Gasteiger partial charge in [0, 0.05) is 5.56 Å². The maximum absolute atomic E-state index is 5.54. The van der Waals surface area contributed by atoms with E-state index in [0.29, 0.717) is 5.76 Å². The molecule has 0 aliphatic rings. The predicted octanol–water partition coefficient (Wildman–Crippen LogP) is 2.93. The largest absolute Gasteiger partial charge is 0.455 e. The minimum atomic E-state index is 0.677. The van der Waals surface area contributed by atoms with E-state index in [1.807, 2.05) is 42.5 Å². The molecular weight excluding hydrogens is 190 g/mol. The molecule has 0 N–H and O–H groups in total. The van der Waals surface area contributed by atoms with Crippen molar-refractivity contribution >= 4 is 6.21 Å². The van der Waals surface area contributed by atoms with Crippen LogP contribution in [0.5, 0.6) is 0 Å². The molecule has 3 heteroatoms. The summed E-state index contributed by atoms with van der Waals surface area (Å²) < 4.78 is 5.54. The smallest absolute Gasteiger partial charge is 0.149 e. The molecule has 76 valence electrons. The van der Waals surface area contributed by atoms with E-state index in [4.69, 9.17) is 4.42 Å². The van der Waals surface area contributed by atoms with Gasteiger partial charge in [0.25, 0.3) is 0 Å². The molecular formula is C12H11NO2. The summed E-state index contributed by atoms with van der Waals surface area (Å²) in [6.45, 7) is 0. The number of oxime groups is 1. The van der Waals surface area contributed by atoms with E-state index in [1.54, 1.807) is 0 Å². The Kier molecular flexibility index (Phi) is 2.83. The third kappa shape index (κ3) is 2.26. The Morgan fingerprint density at radius 1 is 1.13 bits per heavy atom. The molecule has 2 rings (SSSR count). The Bertz CT molecular complexity index is 446. The topological polar surface area (TPSA) is 34.7 Å². The summed E-state index contributed by atoms with van der Waals surface area (Å²) in [7, 11) is 1.50. The fraction of sp³-hybridized carbons (Fsp3) is 0.0833. The van der Waals surface area contributed by atoms with Gasteiger partial charge in [-0.2, -0.15) is 0 Å². The van der Waals surface area contributed by atoms with E-state index in [2.05, 4.69) is 9.99 Å². The molecule has 0 unspecified atom stereocenters. The van der Waals surface area contributed by atoms with Crippen LogP contribution in [0.15, 0.2) is 52.0 Å². The fourth-order valence-electron chi connectivity index (χ4n) is 1.28. The SMILES string of the molecule is CO/N=C/c1ccc(-c2ccccc2)o1. The molecule has 1 heterocycles. The standard InChI is InChI=1S/C12H11NO2/c1-14-13-9-11-7-8-12(15-11)10-5-3-2-4-6-10/h2-9H,1H3/b13-9+. The zero-order chi connectivity index (χ0) is 10.5. The highest BCUT2D eigenvalue weighted by atomic mass is 16.6. The second-order valence-corrected chi connectivity index (χ2v) is 2.99. The van der Waals surface area contributed by atoms with Crippen molar-refractivity contribution in [1.29, 1.82) is 0 Å². The first-order chi connectivity index (χ1) is 7.40. The van der Waals surface area contributed by atoms with Crippen LogP contribution in [0.2, 0.25) is 0 Å². The molecule has 0 amide bonds. The van der Waals surface area contributed by atoms with Crippen LogP contribution >= 0.6 is 0 Å². The summed E-state index contributed by atoms with van der Waals surface area (Å²) in [5.74, 6) is 1.50. The van der Waals surface area contributed by atoms with Crippen LogP contribution in [0.1, 0.15) is 5.76 Å². The van der Waals surface area contributed by atoms with Crippen LogP contribution in [-0.2, 0) is 4.84 Å². The van der Waals surface area contributed by atoms with Gasteiger partial charge in [-0.1, -0.05) is 35.5 Å². The Morgan fingerprint density at radius 3 is 2.67 bits per heavy atom.